The SMILES string of the molecule is Nc1cccc(Nc2ccccc2)c1N.O=S(=O)(O)O. The summed E-state index contributed by atoms with van der Waals surface area (Å²) in [7, 11) is -4.67. The fourth-order valence-corrected chi connectivity index (χ4v) is 1.37. The molecule has 0 radical (unpaired) electrons. The molecule has 0 atom stereocenters. The minimum absolute atomic E-state index is 0.585. The van der Waals surface area contributed by atoms with Crippen molar-refractivity contribution in [2.24, 2.45) is 0 Å². The highest BCUT2D eigenvalue weighted by Crippen LogP contribution is 2.27. The second-order valence-corrected chi connectivity index (χ2v) is 4.64. The van der Waals surface area contributed by atoms with Crippen LogP contribution in [-0.4, -0.2) is 17.5 Å². The highest BCUT2D eigenvalue weighted by molar-refractivity contribution is 7.79. The van der Waals surface area contributed by atoms with Crippen molar-refractivity contribution in [2.45, 2.75) is 0 Å². The van der Waals surface area contributed by atoms with Crippen LogP contribution in [0, 0.1) is 0 Å². The second-order valence-electron chi connectivity index (χ2n) is 3.75. The molecular weight excluding hydrogens is 282 g/mol. The van der Waals surface area contributed by atoms with E-state index in [-0.39, 0.29) is 0 Å². The summed E-state index contributed by atoms with van der Waals surface area (Å²) in [6.45, 7) is 0. The molecule has 0 saturated heterocycles. The first-order chi connectivity index (χ1) is 9.27. The van der Waals surface area contributed by atoms with Crippen molar-refractivity contribution in [3.63, 3.8) is 0 Å². The fraction of sp³-hybridized carbons (Fsp3) is 0. The van der Waals surface area contributed by atoms with Gasteiger partial charge in [0, 0.05) is 5.69 Å². The van der Waals surface area contributed by atoms with Gasteiger partial charge in [-0.3, -0.25) is 9.11 Å². The molecule has 0 fully saturated rings. The molecule has 0 aromatic heterocycles. The third-order valence-corrected chi connectivity index (χ3v) is 2.19. The van der Waals surface area contributed by atoms with Crippen molar-refractivity contribution in [3.05, 3.63) is 48.5 Å². The van der Waals surface area contributed by atoms with Crippen LogP contribution in [0.3, 0.4) is 0 Å². The Hall–Kier alpha value is -2.29. The van der Waals surface area contributed by atoms with E-state index >= 15 is 0 Å². The van der Waals surface area contributed by atoms with Gasteiger partial charge in [-0.25, -0.2) is 0 Å². The van der Waals surface area contributed by atoms with Crippen LogP contribution in [0.15, 0.2) is 48.5 Å². The van der Waals surface area contributed by atoms with Gasteiger partial charge in [-0.2, -0.15) is 8.42 Å². The Labute approximate surface area is 116 Å². The zero-order valence-electron chi connectivity index (χ0n) is 10.4. The molecule has 0 spiro atoms. The average molecular weight is 297 g/mol. The molecule has 0 heterocycles. The van der Waals surface area contributed by atoms with Gasteiger partial charge in [-0.15, -0.1) is 0 Å². The lowest BCUT2D eigenvalue weighted by atomic mass is 10.2. The third-order valence-electron chi connectivity index (χ3n) is 2.19. The summed E-state index contributed by atoms with van der Waals surface area (Å²) in [5, 5.41) is 3.21. The molecule has 0 aliphatic rings. The van der Waals surface area contributed by atoms with Crippen LogP contribution in [0.25, 0.3) is 0 Å². The maximum Gasteiger partial charge on any atom is 0.394 e. The van der Waals surface area contributed by atoms with Crippen LogP contribution in [0.5, 0.6) is 0 Å². The number of nitrogens with two attached hydrogens (primary N) is 2. The molecule has 0 amide bonds. The number of hydrogen-bond acceptors (Lipinski definition) is 5. The average Bonchev–Trinajstić information content (AvgIpc) is 2.34. The summed E-state index contributed by atoms with van der Waals surface area (Å²) in [6.07, 6.45) is 0. The highest BCUT2D eigenvalue weighted by atomic mass is 32.3. The van der Waals surface area contributed by atoms with E-state index < -0.39 is 10.4 Å². The Morgan fingerprint density at radius 2 is 1.45 bits per heavy atom. The maximum absolute atomic E-state index is 8.74. The predicted octanol–water partition coefficient (Wildman–Crippen LogP) is 1.94. The summed E-state index contributed by atoms with van der Waals surface area (Å²) in [6, 6.07) is 15.4. The predicted molar refractivity (Wildman–Crippen MR) is 79.2 cm³/mol. The fourth-order valence-electron chi connectivity index (χ4n) is 1.37. The number of nitrogen functional groups attached to an aromatic ring is 2. The van der Waals surface area contributed by atoms with Crippen LogP contribution in [0.4, 0.5) is 22.7 Å². The lowest BCUT2D eigenvalue weighted by Crippen LogP contribution is -1.99. The number of hydrogen-bond donors (Lipinski definition) is 5. The van der Waals surface area contributed by atoms with Crippen LogP contribution < -0.4 is 16.8 Å². The third kappa shape index (κ3) is 6.05. The molecule has 0 bridgehead atoms. The summed E-state index contributed by atoms with van der Waals surface area (Å²) in [4.78, 5) is 0. The first-order valence-corrected chi connectivity index (χ1v) is 6.83. The summed E-state index contributed by atoms with van der Waals surface area (Å²) < 4.78 is 31.6. The van der Waals surface area contributed by atoms with Crippen LogP contribution in [0.1, 0.15) is 0 Å². The standard InChI is InChI=1S/C12H13N3.H2O4S/c13-10-7-4-8-11(12(10)14)15-9-5-2-1-3-6-9;1-5(2,3)4/h1-8,15H,13-14H2;(H2,1,2,3,4). The van der Waals surface area contributed by atoms with E-state index in [4.69, 9.17) is 29.0 Å². The number of benzene rings is 2. The molecule has 2 aromatic carbocycles. The van der Waals surface area contributed by atoms with E-state index in [2.05, 4.69) is 5.32 Å². The lowest BCUT2D eigenvalue weighted by molar-refractivity contribution is 0.381. The Morgan fingerprint density at radius 3 is 2.00 bits per heavy atom. The molecule has 0 aliphatic heterocycles. The molecule has 20 heavy (non-hydrogen) atoms. The van der Waals surface area contributed by atoms with Gasteiger partial charge in [-0.05, 0) is 24.3 Å². The quantitative estimate of drug-likeness (QED) is 0.421. The summed E-state index contributed by atoms with van der Waals surface area (Å²) in [5.74, 6) is 0. The number of anilines is 4. The van der Waals surface area contributed by atoms with Crippen LogP contribution >= 0.6 is 0 Å². The normalized spacial score (nSPS) is 10.3. The topological polar surface area (TPSA) is 139 Å². The van der Waals surface area contributed by atoms with E-state index in [1.54, 1.807) is 6.07 Å². The second kappa shape index (κ2) is 6.75. The Bertz CT molecular complexity index is 652. The zero-order valence-corrected chi connectivity index (χ0v) is 11.2. The van der Waals surface area contributed by atoms with Crippen LogP contribution in [-0.2, 0) is 10.4 Å². The minimum Gasteiger partial charge on any atom is -0.397 e. The van der Waals surface area contributed by atoms with Gasteiger partial charge in [0.2, 0.25) is 0 Å². The van der Waals surface area contributed by atoms with E-state index in [1.807, 2.05) is 42.5 Å². The van der Waals surface area contributed by atoms with Crippen molar-refractivity contribution in [3.8, 4) is 0 Å². The molecule has 7 nitrogen and oxygen atoms in total. The van der Waals surface area contributed by atoms with Gasteiger partial charge in [0.25, 0.3) is 0 Å². The molecule has 2 aromatic rings. The number of rotatable bonds is 2. The van der Waals surface area contributed by atoms with Crippen LogP contribution in [0.2, 0.25) is 0 Å². The number of nitrogens with one attached hydrogen (secondary N) is 1. The zero-order chi connectivity index (χ0) is 15.2. The molecule has 8 heteroatoms. The molecule has 0 aliphatic carbocycles. The van der Waals surface area contributed by atoms with Crippen molar-refractivity contribution in [1.82, 2.24) is 0 Å². The monoisotopic (exact) mass is 297 g/mol. The molecule has 7 N–H and O–H groups in total. The summed E-state index contributed by atoms with van der Waals surface area (Å²) in [5.41, 5.74) is 14.6. The molecular formula is C12H15N3O4S. The van der Waals surface area contributed by atoms with Gasteiger partial charge < -0.3 is 16.8 Å². The van der Waals surface area contributed by atoms with Gasteiger partial charge in [-0.1, -0.05) is 24.3 Å². The smallest absolute Gasteiger partial charge is 0.394 e. The van der Waals surface area contributed by atoms with Gasteiger partial charge in [0.1, 0.15) is 0 Å². The Morgan fingerprint density at radius 1 is 0.900 bits per heavy atom. The highest BCUT2D eigenvalue weighted by Gasteiger charge is 2.01. The lowest BCUT2D eigenvalue weighted by Gasteiger charge is -2.10. The summed E-state index contributed by atoms with van der Waals surface area (Å²) >= 11 is 0. The van der Waals surface area contributed by atoms with E-state index in [0.29, 0.717) is 11.4 Å². The van der Waals surface area contributed by atoms with E-state index in [0.717, 1.165) is 11.4 Å². The molecule has 108 valence electrons. The van der Waals surface area contributed by atoms with Crippen molar-refractivity contribution < 1.29 is 17.5 Å². The molecule has 0 saturated carbocycles. The van der Waals surface area contributed by atoms with Crippen molar-refractivity contribution in [2.75, 3.05) is 16.8 Å². The molecule has 2 rings (SSSR count). The van der Waals surface area contributed by atoms with E-state index in [1.165, 1.54) is 0 Å². The number of para-hydroxylation sites is 2. The maximum atomic E-state index is 8.74. The van der Waals surface area contributed by atoms with Crippen molar-refractivity contribution in [1.29, 1.82) is 0 Å². The largest absolute Gasteiger partial charge is 0.397 e. The van der Waals surface area contributed by atoms with E-state index in [9.17, 15) is 0 Å². The Kier molecular flexibility index (Phi) is 5.32. The Balaban J connectivity index is 0.000000347. The molecule has 0 unspecified atom stereocenters. The van der Waals surface area contributed by atoms with Gasteiger partial charge in [0.05, 0.1) is 17.1 Å². The van der Waals surface area contributed by atoms with Gasteiger partial charge in [0.15, 0.2) is 0 Å². The minimum atomic E-state index is -4.67. The van der Waals surface area contributed by atoms with Gasteiger partial charge >= 0.3 is 10.4 Å². The first kappa shape index (κ1) is 15.8. The van der Waals surface area contributed by atoms with Crippen molar-refractivity contribution >= 4 is 33.1 Å². The first-order valence-electron chi connectivity index (χ1n) is 5.43.